The molecular weight excluding hydrogens is 440 g/mol. The van der Waals surface area contributed by atoms with E-state index in [-0.39, 0.29) is 0 Å². The lowest BCUT2D eigenvalue weighted by Crippen LogP contribution is -2.26. The second-order valence-corrected chi connectivity index (χ2v) is 11.6. The predicted octanol–water partition coefficient (Wildman–Crippen LogP) is 10.1. The van der Waals surface area contributed by atoms with Gasteiger partial charge in [0.1, 0.15) is 0 Å². The molecule has 1 rings (SSSR count). The molecule has 2 nitrogen and oxygen atoms in total. The molecule has 0 saturated heterocycles. The summed E-state index contributed by atoms with van der Waals surface area (Å²) >= 11 is 0. The van der Waals surface area contributed by atoms with Gasteiger partial charge in [0.2, 0.25) is 0 Å². The van der Waals surface area contributed by atoms with Crippen LogP contribution >= 0.6 is 0 Å². The first-order valence-corrected chi connectivity index (χ1v) is 15.9. The lowest BCUT2D eigenvalue weighted by Gasteiger charge is -2.24. The van der Waals surface area contributed by atoms with E-state index >= 15 is 0 Å². The van der Waals surface area contributed by atoms with Crippen LogP contribution in [-0.2, 0) is 12.8 Å². The van der Waals surface area contributed by atoms with Gasteiger partial charge >= 0.3 is 0 Å². The van der Waals surface area contributed by atoms with E-state index in [0.717, 1.165) is 38.5 Å². The number of unbranched alkanes of at least 4 members (excludes halogenated alkanes) is 12. The molecule has 0 aliphatic heterocycles. The van der Waals surface area contributed by atoms with Gasteiger partial charge in [0.15, 0.2) is 0 Å². The highest BCUT2D eigenvalue weighted by molar-refractivity contribution is 5.22. The van der Waals surface area contributed by atoms with E-state index in [9.17, 15) is 10.2 Å². The van der Waals surface area contributed by atoms with Crippen LogP contribution in [0.1, 0.15) is 167 Å². The van der Waals surface area contributed by atoms with Gasteiger partial charge in [-0.3, -0.25) is 0 Å². The smallest absolute Gasteiger partial charge is 0.0642 e. The van der Waals surface area contributed by atoms with Crippen molar-refractivity contribution in [2.24, 2.45) is 0 Å². The van der Waals surface area contributed by atoms with Crippen LogP contribution in [0.4, 0.5) is 0 Å². The largest absolute Gasteiger partial charge is 0.390 e. The molecule has 0 heterocycles. The van der Waals surface area contributed by atoms with Gasteiger partial charge < -0.3 is 10.2 Å². The summed E-state index contributed by atoms with van der Waals surface area (Å²) in [5.74, 6) is 0. The molecule has 0 unspecified atom stereocenters. The molecule has 210 valence electrons. The standard InChI is InChI=1S/C34H62O2/c1-5-33(35,6-2)29-21-17-13-9-11-15-19-23-31-25-27-32(28-26-31)24-20-16-12-10-14-18-22-30-34(36,7-3)8-4/h25-28,35-36H,5-24,29-30H2,1-4H3. The van der Waals surface area contributed by atoms with Crippen LogP contribution in [0.2, 0.25) is 0 Å². The van der Waals surface area contributed by atoms with Crippen molar-refractivity contribution in [1.82, 2.24) is 0 Å². The molecule has 1 aromatic rings. The van der Waals surface area contributed by atoms with E-state index in [1.54, 1.807) is 0 Å². The fraction of sp³-hybridized carbons (Fsp3) is 0.824. The lowest BCUT2D eigenvalue weighted by molar-refractivity contribution is 0.0207. The first-order valence-electron chi connectivity index (χ1n) is 15.9. The third-order valence-corrected chi connectivity index (χ3v) is 8.87. The predicted molar refractivity (Wildman–Crippen MR) is 159 cm³/mol. The van der Waals surface area contributed by atoms with Gasteiger partial charge in [-0.2, -0.15) is 0 Å². The maximum absolute atomic E-state index is 10.3. The highest BCUT2D eigenvalue weighted by Crippen LogP contribution is 2.24. The SMILES string of the molecule is CCC(O)(CC)CCCCCCCCCc1ccc(CCCCCCCCCC(O)(CC)CC)cc1. The summed E-state index contributed by atoms with van der Waals surface area (Å²) in [5, 5.41) is 20.7. The Morgan fingerprint density at radius 2 is 0.667 bits per heavy atom. The Morgan fingerprint density at radius 1 is 0.417 bits per heavy atom. The average Bonchev–Trinajstić information content (AvgIpc) is 2.91. The van der Waals surface area contributed by atoms with Gasteiger partial charge in [0.25, 0.3) is 0 Å². The molecule has 0 amide bonds. The van der Waals surface area contributed by atoms with Crippen LogP contribution in [0.15, 0.2) is 24.3 Å². The Bertz CT molecular complexity index is 558. The number of aryl methyl sites for hydroxylation is 2. The topological polar surface area (TPSA) is 40.5 Å². The van der Waals surface area contributed by atoms with E-state index in [1.165, 1.54) is 114 Å². The van der Waals surface area contributed by atoms with Crippen LogP contribution in [0.3, 0.4) is 0 Å². The Kier molecular flexibility index (Phi) is 18.6. The quantitative estimate of drug-likeness (QED) is 0.138. The molecule has 2 N–H and O–H groups in total. The number of aliphatic hydroxyl groups is 2. The van der Waals surface area contributed by atoms with E-state index in [1.807, 2.05) is 0 Å². The van der Waals surface area contributed by atoms with Crippen molar-refractivity contribution in [3.8, 4) is 0 Å². The van der Waals surface area contributed by atoms with Gasteiger partial charge in [-0.15, -0.1) is 0 Å². The zero-order valence-electron chi connectivity index (χ0n) is 24.8. The van der Waals surface area contributed by atoms with E-state index in [2.05, 4.69) is 52.0 Å². The Balaban J connectivity index is 1.98. The van der Waals surface area contributed by atoms with Crippen molar-refractivity contribution in [2.45, 2.75) is 180 Å². The summed E-state index contributed by atoms with van der Waals surface area (Å²) in [7, 11) is 0. The zero-order valence-corrected chi connectivity index (χ0v) is 24.8. The fourth-order valence-electron chi connectivity index (χ4n) is 5.41. The number of rotatable bonds is 24. The second-order valence-electron chi connectivity index (χ2n) is 11.6. The minimum absolute atomic E-state index is 0.409. The molecule has 0 aromatic heterocycles. The molecule has 0 spiro atoms. The Morgan fingerprint density at radius 3 is 0.944 bits per heavy atom. The maximum atomic E-state index is 10.3. The minimum Gasteiger partial charge on any atom is -0.390 e. The monoisotopic (exact) mass is 502 g/mol. The maximum Gasteiger partial charge on any atom is 0.0642 e. The normalized spacial score (nSPS) is 12.4. The van der Waals surface area contributed by atoms with Crippen LogP contribution in [0.25, 0.3) is 0 Å². The lowest BCUT2D eigenvalue weighted by atomic mass is 9.90. The van der Waals surface area contributed by atoms with Gasteiger partial charge in [-0.25, -0.2) is 0 Å². The summed E-state index contributed by atoms with van der Waals surface area (Å²) in [6.45, 7) is 8.41. The molecule has 0 aliphatic carbocycles. The van der Waals surface area contributed by atoms with Gasteiger partial charge in [0.05, 0.1) is 11.2 Å². The van der Waals surface area contributed by atoms with Crippen LogP contribution in [0.5, 0.6) is 0 Å². The summed E-state index contributed by atoms with van der Waals surface area (Å²) in [6, 6.07) is 9.41. The average molecular weight is 503 g/mol. The molecular formula is C34H62O2. The van der Waals surface area contributed by atoms with Crippen LogP contribution in [0, 0.1) is 0 Å². The molecule has 0 aliphatic rings. The molecule has 0 bridgehead atoms. The molecule has 2 heteroatoms. The summed E-state index contributed by atoms with van der Waals surface area (Å²) in [4.78, 5) is 0. The molecule has 0 atom stereocenters. The van der Waals surface area contributed by atoms with Crippen molar-refractivity contribution in [3.63, 3.8) is 0 Å². The molecule has 0 radical (unpaired) electrons. The molecule has 0 fully saturated rings. The first kappa shape index (κ1) is 33.2. The van der Waals surface area contributed by atoms with Crippen molar-refractivity contribution in [3.05, 3.63) is 35.4 Å². The van der Waals surface area contributed by atoms with E-state index in [0.29, 0.717) is 0 Å². The van der Waals surface area contributed by atoms with Gasteiger partial charge in [0, 0.05) is 0 Å². The second kappa shape index (κ2) is 20.1. The van der Waals surface area contributed by atoms with Crippen LogP contribution < -0.4 is 0 Å². The van der Waals surface area contributed by atoms with Gasteiger partial charge in [-0.05, 0) is 75.3 Å². The van der Waals surface area contributed by atoms with Crippen molar-refractivity contribution in [1.29, 1.82) is 0 Å². The first-order chi connectivity index (χ1) is 17.4. The summed E-state index contributed by atoms with van der Waals surface area (Å²) < 4.78 is 0. The fourth-order valence-corrected chi connectivity index (χ4v) is 5.41. The molecule has 0 saturated carbocycles. The minimum atomic E-state index is -0.409. The zero-order chi connectivity index (χ0) is 26.5. The van der Waals surface area contributed by atoms with Gasteiger partial charge in [-0.1, -0.05) is 129 Å². The van der Waals surface area contributed by atoms with Crippen molar-refractivity contribution in [2.75, 3.05) is 0 Å². The van der Waals surface area contributed by atoms with E-state index in [4.69, 9.17) is 0 Å². The Labute approximate surface area is 225 Å². The van der Waals surface area contributed by atoms with Crippen LogP contribution in [-0.4, -0.2) is 21.4 Å². The molecule has 1 aromatic carbocycles. The number of hydrogen-bond acceptors (Lipinski definition) is 2. The third kappa shape index (κ3) is 15.4. The third-order valence-electron chi connectivity index (χ3n) is 8.87. The van der Waals surface area contributed by atoms with Crippen molar-refractivity contribution < 1.29 is 10.2 Å². The van der Waals surface area contributed by atoms with Crippen molar-refractivity contribution >= 4 is 0 Å². The summed E-state index contributed by atoms with van der Waals surface area (Å²) in [6.07, 6.45) is 26.1. The number of benzene rings is 1. The summed E-state index contributed by atoms with van der Waals surface area (Å²) in [5.41, 5.74) is 2.17. The molecule has 36 heavy (non-hydrogen) atoms. The van der Waals surface area contributed by atoms with E-state index < -0.39 is 11.2 Å². The Hall–Kier alpha value is -0.860. The number of hydrogen-bond donors (Lipinski definition) is 2. The highest BCUT2D eigenvalue weighted by Gasteiger charge is 2.21. The highest BCUT2D eigenvalue weighted by atomic mass is 16.3.